The first-order valence-electron chi connectivity index (χ1n) is 3.75. The molecule has 0 amide bonds. The second-order valence-corrected chi connectivity index (χ2v) is 3.40. The minimum Gasteiger partial charge on any atom is -0.342 e. The molecule has 0 aliphatic carbocycles. The second kappa shape index (κ2) is 3.10. The zero-order chi connectivity index (χ0) is 9.26. The molecular weight excluding hydrogens is 186 g/mol. The lowest BCUT2D eigenvalue weighted by molar-refractivity contribution is 0.103. The summed E-state index contributed by atoms with van der Waals surface area (Å²) in [5, 5.41) is 0. The third-order valence-electron chi connectivity index (χ3n) is 1.57. The van der Waals surface area contributed by atoms with E-state index in [2.05, 4.69) is 14.3 Å². The van der Waals surface area contributed by atoms with Crippen LogP contribution >= 0.6 is 11.5 Å². The van der Waals surface area contributed by atoms with Gasteiger partial charge in [0.05, 0.1) is 10.6 Å². The molecule has 2 aromatic rings. The van der Waals surface area contributed by atoms with E-state index in [-0.39, 0.29) is 5.78 Å². The van der Waals surface area contributed by atoms with Crippen LogP contribution in [0.1, 0.15) is 21.2 Å². The van der Waals surface area contributed by atoms with E-state index in [0.29, 0.717) is 10.7 Å². The molecule has 0 bridgehead atoms. The monoisotopic (exact) mass is 193 g/mol. The zero-order valence-electron chi connectivity index (χ0n) is 6.94. The third kappa shape index (κ3) is 1.50. The minimum absolute atomic E-state index is 0.101. The van der Waals surface area contributed by atoms with Crippen LogP contribution in [0.15, 0.2) is 18.5 Å². The lowest BCUT2D eigenvalue weighted by Crippen LogP contribution is -2.00. The van der Waals surface area contributed by atoms with E-state index in [9.17, 15) is 4.79 Å². The van der Waals surface area contributed by atoms with Crippen LogP contribution in [-0.4, -0.2) is 20.1 Å². The van der Waals surface area contributed by atoms with Crippen molar-refractivity contribution >= 4 is 17.3 Å². The first kappa shape index (κ1) is 8.12. The Morgan fingerprint density at radius 3 is 3.00 bits per heavy atom. The highest BCUT2D eigenvalue weighted by Crippen LogP contribution is 2.12. The number of aryl methyl sites for hydroxylation is 1. The number of hydrogen-bond acceptors (Lipinski definition) is 4. The standard InChI is InChI=1S/C8H7N3OS/c1-5-4-6(13-11-5)7(12)8-9-2-3-10-8/h2-4H,1H3,(H,9,10). The molecule has 2 aromatic heterocycles. The molecular formula is C8H7N3OS. The molecule has 0 aliphatic rings. The number of nitrogens with one attached hydrogen (secondary N) is 1. The Labute approximate surface area is 78.8 Å². The first-order chi connectivity index (χ1) is 6.27. The van der Waals surface area contributed by atoms with E-state index in [1.165, 1.54) is 11.5 Å². The number of ketones is 1. The number of imidazole rings is 1. The van der Waals surface area contributed by atoms with Crippen molar-refractivity contribution in [2.45, 2.75) is 6.92 Å². The highest BCUT2D eigenvalue weighted by Gasteiger charge is 2.13. The average molecular weight is 193 g/mol. The van der Waals surface area contributed by atoms with Gasteiger partial charge in [0.25, 0.3) is 0 Å². The van der Waals surface area contributed by atoms with Crippen LogP contribution in [0.25, 0.3) is 0 Å². The largest absolute Gasteiger partial charge is 0.342 e. The van der Waals surface area contributed by atoms with Gasteiger partial charge in [-0.05, 0) is 24.5 Å². The first-order valence-corrected chi connectivity index (χ1v) is 4.52. The third-order valence-corrected chi connectivity index (χ3v) is 2.44. The minimum atomic E-state index is -0.101. The van der Waals surface area contributed by atoms with Gasteiger partial charge >= 0.3 is 0 Å². The summed E-state index contributed by atoms with van der Waals surface area (Å²) in [6.45, 7) is 1.86. The fourth-order valence-corrected chi connectivity index (χ4v) is 1.67. The molecule has 0 aromatic carbocycles. The number of aromatic nitrogens is 3. The van der Waals surface area contributed by atoms with Crippen LogP contribution in [-0.2, 0) is 0 Å². The van der Waals surface area contributed by atoms with Gasteiger partial charge in [-0.15, -0.1) is 0 Å². The summed E-state index contributed by atoms with van der Waals surface area (Å²) in [6.07, 6.45) is 3.18. The van der Waals surface area contributed by atoms with Crippen molar-refractivity contribution in [2.75, 3.05) is 0 Å². The summed E-state index contributed by atoms with van der Waals surface area (Å²) in [6, 6.07) is 1.76. The zero-order valence-corrected chi connectivity index (χ0v) is 7.76. The number of carbonyl (C=O) groups excluding carboxylic acids is 1. The molecule has 13 heavy (non-hydrogen) atoms. The Kier molecular flexibility index (Phi) is 1.94. The van der Waals surface area contributed by atoms with Gasteiger partial charge in [-0.25, -0.2) is 4.98 Å². The molecule has 0 fully saturated rings. The van der Waals surface area contributed by atoms with Crippen LogP contribution in [0.2, 0.25) is 0 Å². The smallest absolute Gasteiger partial charge is 0.239 e. The molecule has 66 valence electrons. The molecule has 0 saturated carbocycles. The van der Waals surface area contributed by atoms with Crippen molar-refractivity contribution in [2.24, 2.45) is 0 Å². The maximum Gasteiger partial charge on any atom is 0.239 e. The second-order valence-electron chi connectivity index (χ2n) is 2.60. The number of hydrogen-bond donors (Lipinski definition) is 1. The van der Waals surface area contributed by atoms with Crippen molar-refractivity contribution in [1.82, 2.24) is 14.3 Å². The van der Waals surface area contributed by atoms with Crippen molar-refractivity contribution in [3.63, 3.8) is 0 Å². The molecule has 2 heterocycles. The van der Waals surface area contributed by atoms with Crippen LogP contribution < -0.4 is 0 Å². The molecule has 0 spiro atoms. The Bertz CT molecular complexity index is 418. The summed E-state index contributed by atoms with van der Waals surface area (Å²) in [5.74, 6) is 0.263. The van der Waals surface area contributed by atoms with Crippen molar-refractivity contribution < 1.29 is 4.79 Å². The number of rotatable bonds is 2. The molecule has 0 saturated heterocycles. The van der Waals surface area contributed by atoms with Gasteiger partial charge in [-0.1, -0.05) is 0 Å². The number of H-pyrrole nitrogens is 1. The van der Waals surface area contributed by atoms with E-state index in [0.717, 1.165) is 5.69 Å². The van der Waals surface area contributed by atoms with Crippen molar-refractivity contribution in [3.8, 4) is 0 Å². The van der Waals surface area contributed by atoms with Gasteiger partial charge < -0.3 is 4.98 Å². The predicted octanol–water partition coefficient (Wildman–Crippen LogP) is 1.41. The molecule has 0 unspecified atom stereocenters. The Morgan fingerprint density at radius 2 is 2.46 bits per heavy atom. The molecule has 0 atom stereocenters. The van der Waals surface area contributed by atoms with E-state index < -0.39 is 0 Å². The van der Waals surface area contributed by atoms with Crippen LogP contribution in [0.5, 0.6) is 0 Å². The molecule has 0 radical (unpaired) electrons. The lowest BCUT2D eigenvalue weighted by Gasteiger charge is -1.88. The quantitative estimate of drug-likeness (QED) is 0.733. The van der Waals surface area contributed by atoms with Crippen molar-refractivity contribution in [1.29, 1.82) is 0 Å². The SMILES string of the molecule is Cc1cc(C(=O)c2ncc[nH]2)sn1. The molecule has 0 aliphatic heterocycles. The highest BCUT2D eigenvalue weighted by molar-refractivity contribution is 7.08. The molecule has 1 N–H and O–H groups in total. The average Bonchev–Trinajstić information content (AvgIpc) is 2.72. The maximum atomic E-state index is 11.6. The van der Waals surface area contributed by atoms with E-state index in [1.807, 2.05) is 6.92 Å². The Balaban J connectivity index is 2.33. The number of aromatic amines is 1. The fourth-order valence-electron chi connectivity index (χ4n) is 0.977. The summed E-state index contributed by atoms with van der Waals surface area (Å²) >= 11 is 1.20. The predicted molar refractivity (Wildman–Crippen MR) is 48.9 cm³/mol. The van der Waals surface area contributed by atoms with Gasteiger partial charge in [0.1, 0.15) is 0 Å². The van der Waals surface area contributed by atoms with E-state index >= 15 is 0 Å². The fraction of sp³-hybridized carbons (Fsp3) is 0.125. The van der Waals surface area contributed by atoms with Crippen LogP contribution in [0, 0.1) is 6.92 Å². The Morgan fingerprint density at radius 1 is 1.62 bits per heavy atom. The maximum absolute atomic E-state index is 11.6. The summed E-state index contributed by atoms with van der Waals surface area (Å²) in [4.78, 5) is 18.9. The Hall–Kier alpha value is -1.49. The van der Waals surface area contributed by atoms with Crippen molar-refractivity contribution in [3.05, 3.63) is 34.9 Å². The molecule has 4 nitrogen and oxygen atoms in total. The van der Waals surface area contributed by atoms with E-state index in [4.69, 9.17) is 0 Å². The van der Waals surface area contributed by atoms with Gasteiger partial charge in [-0.2, -0.15) is 4.37 Å². The molecule has 2 rings (SSSR count). The van der Waals surface area contributed by atoms with Gasteiger partial charge in [0.2, 0.25) is 5.78 Å². The summed E-state index contributed by atoms with van der Waals surface area (Å²) < 4.78 is 4.03. The van der Waals surface area contributed by atoms with Gasteiger partial charge in [0, 0.05) is 12.4 Å². The normalized spacial score (nSPS) is 10.2. The topological polar surface area (TPSA) is 58.6 Å². The van der Waals surface area contributed by atoms with Crippen LogP contribution in [0.4, 0.5) is 0 Å². The van der Waals surface area contributed by atoms with E-state index in [1.54, 1.807) is 18.5 Å². The highest BCUT2D eigenvalue weighted by atomic mass is 32.1. The summed E-state index contributed by atoms with van der Waals surface area (Å²) in [5.41, 5.74) is 0.861. The number of carbonyl (C=O) groups is 1. The number of nitrogens with zero attached hydrogens (tertiary/aromatic N) is 2. The lowest BCUT2D eigenvalue weighted by atomic mass is 10.3. The molecule has 5 heteroatoms. The van der Waals surface area contributed by atoms with Gasteiger partial charge in [-0.3, -0.25) is 4.79 Å². The summed E-state index contributed by atoms with van der Waals surface area (Å²) in [7, 11) is 0. The van der Waals surface area contributed by atoms with Gasteiger partial charge in [0.15, 0.2) is 5.82 Å². The van der Waals surface area contributed by atoms with Crippen LogP contribution in [0.3, 0.4) is 0 Å².